The van der Waals surface area contributed by atoms with Crippen molar-refractivity contribution in [3.05, 3.63) is 37.0 Å². The first-order chi connectivity index (χ1) is 6.43. The fraction of sp³-hybridized carbons (Fsp3) is 0.364. The lowest BCUT2D eigenvalue weighted by molar-refractivity contribution is 0.305. The molecule has 0 aliphatic heterocycles. The van der Waals surface area contributed by atoms with Gasteiger partial charge in [0.15, 0.2) is 0 Å². The van der Waals surface area contributed by atoms with E-state index in [-0.39, 0.29) is 0 Å². The maximum absolute atomic E-state index is 11.6. The van der Waals surface area contributed by atoms with E-state index in [1.54, 1.807) is 0 Å². The number of hydrogen-bond acceptors (Lipinski definition) is 1. The summed E-state index contributed by atoms with van der Waals surface area (Å²) >= 11 is 0. The molecule has 1 rings (SSSR count). The van der Waals surface area contributed by atoms with Gasteiger partial charge in [-0.25, -0.2) is 4.39 Å². The molecule has 0 aliphatic rings. The molecule has 13 heavy (non-hydrogen) atoms. The molecule has 1 aromatic rings. The fourth-order valence-corrected chi connectivity index (χ4v) is 1.03. The van der Waals surface area contributed by atoms with E-state index in [0.717, 1.165) is 18.6 Å². The summed E-state index contributed by atoms with van der Waals surface area (Å²) in [6.07, 6.45) is 2.27. The van der Waals surface area contributed by atoms with E-state index in [2.05, 4.69) is 0 Å². The molecule has 0 aliphatic carbocycles. The van der Waals surface area contributed by atoms with Crippen molar-refractivity contribution in [1.82, 2.24) is 0 Å². The molecule has 0 spiro atoms. The van der Waals surface area contributed by atoms with Crippen LogP contribution in [0.3, 0.4) is 0 Å². The highest BCUT2D eigenvalue weighted by Crippen LogP contribution is 2.09. The van der Waals surface area contributed by atoms with Crippen molar-refractivity contribution in [2.24, 2.45) is 0 Å². The molecule has 71 valence electrons. The van der Waals surface area contributed by atoms with Gasteiger partial charge in [0.05, 0.1) is 6.61 Å². The molecule has 1 nitrogen and oxygen atoms in total. The molecular weight excluding hydrogens is 167 g/mol. The summed E-state index contributed by atoms with van der Waals surface area (Å²) < 4.78 is 17.0. The van der Waals surface area contributed by atoms with E-state index in [4.69, 9.17) is 4.74 Å². The number of rotatable bonds is 6. The minimum Gasteiger partial charge on any atom is -0.494 e. The third-order valence-corrected chi connectivity index (χ3v) is 1.72. The lowest BCUT2D eigenvalue weighted by Crippen LogP contribution is -1.96. The van der Waals surface area contributed by atoms with Gasteiger partial charge in [0.2, 0.25) is 0 Å². The molecule has 1 aromatic carbocycles. The monoisotopic (exact) mass is 181 g/mol. The quantitative estimate of drug-likeness (QED) is 0.611. The molecule has 0 atom stereocenters. The number of ether oxygens (including phenoxy) is 1. The Labute approximate surface area is 78.5 Å². The van der Waals surface area contributed by atoms with Crippen molar-refractivity contribution in [1.29, 1.82) is 0 Å². The molecule has 0 saturated heterocycles. The summed E-state index contributed by atoms with van der Waals surface area (Å²) in [6, 6.07) is 9.66. The maximum atomic E-state index is 11.6. The predicted octanol–water partition coefficient (Wildman–Crippen LogP) is 3.37. The van der Waals surface area contributed by atoms with Gasteiger partial charge in [0, 0.05) is 0 Å². The Morgan fingerprint density at radius 3 is 2.62 bits per heavy atom. The Morgan fingerprint density at radius 2 is 1.92 bits per heavy atom. The van der Waals surface area contributed by atoms with Gasteiger partial charge in [0.1, 0.15) is 12.4 Å². The zero-order chi connectivity index (χ0) is 9.36. The van der Waals surface area contributed by atoms with E-state index in [1.807, 2.05) is 30.3 Å². The topological polar surface area (TPSA) is 9.23 Å². The largest absolute Gasteiger partial charge is 0.494 e. The molecule has 0 amide bonds. The van der Waals surface area contributed by atoms with Crippen LogP contribution in [-0.2, 0) is 0 Å². The highest BCUT2D eigenvalue weighted by atomic mass is 19.1. The molecule has 0 fully saturated rings. The molecule has 2 heteroatoms. The average Bonchev–Trinajstić information content (AvgIpc) is 2.19. The van der Waals surface area contributed by atoms with Crippen LogP contribution in [-0.4, -0.2) is 6.61 Å². The summed E-state index contributed by atoms with van der Waals surface area (Å²) in [6.45, 7) is 1.36. The first-order valence-electron chi connectivity index (χ1n) is 4.53. The van der Waals surface area contributed by atoms with Crippen LogP contribution in [0.15, 0.2) is 30.3 Å². The summed E-state index contributed by atoms with van der Waals surface area (Å²) in [5, 5.41) is 0. The molecule has 0 aromatic heterocycles. The maximum Gasteiger partial charge on any atom is 0.131 e. The van der Waals surface area contributed by atoms with Crippen molar-refractivity contribution >= 4 is 0 Å². The highest BCUT2D eigenvalue weighted by molar-refractivity contribution is 5.20. The van der Waals surface area contributed by atoms with Crippen molar-refractivity contribution < 1.29 is 9.13 Å². The Hall–Kier alpha value is -1.05. The van der Waals surface area contributed by atoms with Gasteiger partial charge in [-0.15, -0.1) is 0 Å². The standard InChI is InChI=1S/C11H14FO/c12-9-5-2-6-10-13-11-7-3-1-4-8-11/h1,3-4,7-9H,2,5-6,10H2. The number of unbranched alkanes of at least 4 members (excludes halogenated alkanes) is 2. The number of benzene rings is 1. The highest BCUT2D eigenvalue weighted by Gasteiger charge is 1.91. The van der Waals surface area contributed by atoms with Gasteiger partial charge >= 0.3 is 0 Å². The van der Waals surface area contributed by atoms with Gasteiger partial charge in [-0.3, -0.25) is 0 Å². The summed E-state index contributed by atoms with van der Waals surface area (Å²) in [5.74, 6) is 0.881. The number of hydrogen-bond donors (Lipinski definition) is 0. The van der Waals surface area contributed by atoms with Crippen LogP contribution in [0, 0.1) is 6.67 Å². The molecule has 1 radical (unpaired) electrons. The van der Waals surface area contributed by atoms with E-state index in [9.17, 15) is 4.39 Å². The molecular formula is C11H14FO. The van der Waals surface area contributed by atoms with Gasteiger partial charge in [-0.05, 0) is 31.4 Å². The van der Waals surface area contributed by atoms with Crippen LogP contribution in [0.25, 0.3) is 0 Å². The summed E-state index contributed by atoms with van der Waals surface area (Å²) in [5.41, 5.74) is 0. The van der Waals surface area contributed by atoms with Gasteiger partial charge in [-0.2, -0.15) is 0 Å². The average molecular weight is 181 g/mol. The second kappa shape index (κ2) is 6.46. The Balaban J connectivity index is 2.07. The minimum atomic E-state index is 0.526. The third kappa shape index (κ3) is 4.51. The number of para-hydroxylation sites is 1. The van der Waals surface area contributed by atoms with Crippen molar-refractivity contribution in [3.8, 4) is 5.75 Å². The molecule has 0 bridgehead atoms. The molecule has 0 N–H and O–H groups in total. The normalized spacial score (nSPS) is 9.92. The predicted molar refractivity (Wildman–Crippen MR) is 51.2 cm³/mol. The Bertz CT molecular complexity index is 211. The first kappa shape index (κ1) is 10.0. The van der Waals surface area contributed by atoms with Crippen LogP contribution >= 0.6 is 0 Å². The van der Waals surface area contributed by atoms with E-state index in [1.165, 1.54) is 0 Å². The second-order valence-corrected chi connectivity index (χ2v) is 2.81. The molecule has 0 saturated carbocycles. The lowest BCUT2D eigenvalue weighted by atomic mass is 10.2. The van der Waals surface area contributed by atoms with Crippen LogP contribution in [0.5, 0.6) is 5.75 Å². The van der Waals surface area contributed by atoms with Crippen LogP contribution in [0.2, 0.25) is 0 Å². The SMILES string of the molecule is F[CH]CCCCOc1ccccc1. The number of halogens is 1. The van der Waals surface area contributed by atoms with Crippen LogP contribution < -0.4 is 4.74 Å². The van der Waals surface area contributed by atoms with Crippen molar-refractivity contribution in [2.45, 2.75) is 19.3 Å². The molecule has 0 heterocycles. The summed E-state index contributed by atoms with van der Waals surface area (Å²) in [4.78, 5) is 0. The van der Waals surface area contributed by atoms with E-state index in [0.29, 0.717) is 19.7 Å². The van der Waals surface area contributed by atoms with Crippen LogP contribution in [0.4, 0.5) is 4.39 Å². The van der Waals surface area contributed by atoms with Gasteiger partial charge in [0.25, 0.3) is 0 Å². The zero-order valence-corrected chi connectivity index (χ0v) is 7.58. The molecule has 0 unspecified atom stereocenters. The fourth-order valence-electron chi connectivity index (χ4n) is 1.03. The third-order valence-electron chi connectivity index (χ3n) is 1.72. The Morgan fingerprint density at radius 1 is 1.15 bits per heavy atom. The van der Waals surface area contributed by atoms with Crippen molar-refractivity contribution in [3.63, 3.8) is 0 Å². The first-order valence-corrected chi connectivity index (χ1v) is 4.53. The smallest absolute Gasteiger partial charge is 0.131 e. The summed E-state index contributed by atoms with van der Waals surface area (Å²) in [7, 11) is 0. The van der Waals surface area contributed by atoms with Crippen LogP contribution in [0.1, 0.15) is 19.3 Å². The van der Waals surface area contributed by atoms with Crippen molar-refractivity contribution in [2.75, 3.05) is 6.61 Å². The second-order valence-electron chi connectivity index (χ2n) is 2.81. The van der Waals surface area contributed by atoms with Gasteiger partial charge < -0.3 is 4.74 Å². The van der Waals surface area contributed by atoms with Gasteiger partial charge in [-0.1, -0.05) is 18.2 Å². The lowest BCUT2D eigenvalue weighted by Gasteiger charge is -2.04. The Kier molecular flexibility index (Phi) is 4.99. The minimum absolute atomic E-state index is 0.526. The van der Waals surface area contributed by atoms with E-state index >= 15 is 0 Å². The van der Waals surface area contributed by atoms with E-state index < -0.39 is 0 Å². The zero-order valence-electron chi connectivity index (χ0n) is 7.58.